The van der Waals surface area contributed by atoms with Crippen molar-refractivity contribution in [3.8, 4) is 11.5 Å². The molecule has 25 heavy (non-hydrogen) atoms. The number of anilines is 1. The van der Waals surface area contributed by atoms with E-state index in [0.717, 1.165) is 32.4 Å². The molecule has 0 bridgehead atoms. The molecule has 0 fully saturated rings. The van der Waals surface area contributed by atoms with Crippen LogP contribution in [-0.4, -0.2) is 11.2 Å². The van der Waals surface area contributed by atoms with Crippen LogP contribution in [0.5, 0.6) is 11.5 Å². The van der Waals surface area contributed by atoms with E-state index in [9.17, 15) is 0 Å². The molecule has 0 amide bonds. The van der Waals surface area contributed by atoms with E-state index in [1.54, 1.807) is 17.6 Å². The Bertz CT molecular complexity index is 961. The van der Waals surface area contributed by atoms with Gasteiger partial charge in [-0.25, -0.2) is 4.98 Å². The first kappa shape index (κ1) is 15.4. The quantitative estimate of drug-likeness (QED) is 0.382. The van der Waals surface area contributed by atoms with Crippen molar-refractivity contribution >= 4 is 32.9 Å². The van der Waals surface area contributed by atoms with Crippen molar-refractivity contribution in [3.05, 3.63) is 84.4 Å². The fourth-order valence-electron chi connectivity index (χ4n) is 2.33. The zero-order valence-corrected chi connectivity index (χ0v) is 14.1. The van der Waals surface area contributed by atoms with Crippen molar-refractivity contribution in [1.82, 2.24) is 4.98 Å². The van der Waals surface area contributed by atoms with Gasteiger partial charge in [0.15, 0.2) is 0 Å². The Morgan fingerprint density at radius 3 is 2.36 bits per heavy atom. The minimum absolute atomic E-state index is 0.779. The highest BCUT2D eigenvalue weighted by Crippen LogP contribution is 2.25. The number of hydrogen-bond acceptors (Lipinski definition) is 5. The molecule has 0 aliphatic rings. The maximum Gasteiger partial charge on any atom is 0.204 e. The van der Waals surface area contributed by atoms with Crippen LogP contribution in [0.1, 0.15) is 5.56 Å². The molecule has 0 aliphatic carbocycles. The molecule has 1 aromatic heterocycles. The Morgan fingerprint density at radius 1 is 0.840 bits per heavy atom. The summed E-state index contributed by atoms with van der Waals surface area (Å²) in [7, 11) is 0. The van der Waals surface area contributed by atoms with E-state index in [1.165, 1.54) is 0 Å². The molecule has 5 heteroatoms. The molecule has 3 aromatic carbocycles. The van der Waals surface area contributed by atoms with Gasteiger partial charge in [-0.1, -0.05) is 41.7 Å². The molecule has 0 atom stereocenters. The molecule has 4 nitrogen and oxygen atoms in total. The van der Waals surface area contributed by atoms with Crippen molar-refractivity contribution in [3.63, 3.8) is 0 Å². The standard InChI is InChI=1S/C20H15N3OS/c1-2-6-16(7-3-1)24-17-12-10-15(11-13-17)14-21-23-20-22-18-8-4-5-9-19(18)25-20/h1-14H,(H,22,23)/b21-14+. The summed E-state index contributed by atoms with van der Waals surface area (Å²) in [5.74, 6) is 1.61. The minimum Gasteiger partial charge on any atom is -0.457 e. The largest absolute Gasteiger partial charge is 0.457 e. The van der Waals surface area contributed by atoms with Gasteiger partial charge in [-0.3, -0.25) is 5.43 Å². The van der Waals surface area contributed by atoms with Crippen LogP contribution in [-0.2, 0) is 0 Å². The second-order valence-corrected chi connectivity index (χ2v) is 6.37. The topological polar surface area (TPSA) is 46.5 Å². The van der Waals surface area contributed by atoms with E-state index in [4.69, 9.17) is 4.74 Å². The fourth-order valence-corrected chi connectivity index (χ4v) is 3.14. The summed E-state index contributed by atoms with van der Waals surface area (Å²) in [5, 5.41) is 5.03. The third-order valence-corrected chi connectivity index (χ3v) is 4.47. The number of fused-ring (bicyclic) bond motifs is 1. The third-order valence-electron chi connectivity index (χ3n) is 3.53. The average molecular weight is 345 g/mol. The lowest BCUT2D eigenvalue weighted by atomic mass is 10.2. The highest BCUT2D eigenvalue weighted by molar-refractivity contribution is 7.22. The molecule has 0 saturated carbocycles. The zero-order valence-electron chi connectivity index (χ0n) is 13.3. The van der Waals surface area contributed by atoms with Gasteiger partial charge in [0, 0.05) is 0 Å². The van der Waals surface area contributed by atoms with E-state index in [-0.39, 0.29) is 0 Å². The van der Waals surface area contributed by atoms with Gasteiger partial charge >= 0.3 is 0 Å². The molecule has 0 radical (unpaired) electrons. The van der Waals surface area contributed by atoms with Crippen LogP contribution in [0.2, 0.25) is 0 Å². The maximum absolute atomic E-state index is 5.77. The number of benzene rings is 3. The lowest BCUT2D eigenvalue weighted by Gasteiger charge is -2.05. The molecule has 0 spiro atoms. The van der Waals surface area contributed by atoms with Gasteiger partial charge in [-0.15, -0.1) is 0 Å². The lowest BCUT2D eigenvalue weighted by Crippen LogP contribution is -1.90. The Morgan fingerprint density at radius 2 is 1.56 bits per heavy atom. The Balaban J connectivity index is 1.39. The van der Waals surface area contributed by atoms with Gasteiger partial charge in [-0.05, 0) is 54.1 Å². The second kappa shape index (κ2) is 7.15. The summed E-state index contributed by atoms with van der Waals surface area (Å²) in [6.45, 7) is 0. The number of hydrogen-bond donors (Lipinski definition) is 1. The van der Waals surface area contributed by atoms with Crippen LogP contribution in [0.3, 0.4) is 0 Å². The van der Waals surface area contributed by atoms with E-state index in [1.807, 2.05) is 78.9 Å². The first-order chi connectivity index (χ1) is 12.4. The van der Waals surface area contributed by atoms with Gasteiger partial charge in [0.1, 0.15) is 11.5 Å². The number of rotatable bonds is 5. The maximum atomic E-state index is 5.77. The SMILES string of the molecule is C(=N\Nc1nc2ccccc2s1)/c1ccc(Oc2ccccc2)cc1. The molecule has 0 saturated heterocycles. The first-order valence-corrected chi connectivity index (χ1v) is 8.66. The highest BCUT2D eigenvalue weighted by Gasteiger charge is 2.01. The van der Waals surface area contributed by atoms with Gasteiger partial charge < -0.3 is 4.74 Å². The molecule has 0 aliphatic heterocycles. The predicted octanol–water partition coefficient (Wildman–Crippen LogP) is 5.53. The smallest absolute Gasteiger partial charge is 0.204 e. The zero-order chi connectivity index (χ0) is 16.9. The predicted molar refractivity (Wildman–Crippen MR) is 104 cm³/mol. The molecule has 1 heterocycles. The minimum atomic E-state index is 0.779. The fraction of sp³-hybridized carbons (Fsp3) is 0. The number of nitrogens with one attached hydrogen (secondary N) is 1. The van der Waals surface area contributed by atoms with Crippen LogP contribution in [0, 0.1) is 0 Å². The second-order valence-electron chi connectivity index (χ2n) is 5.34. The van der Waals surface area contributed by atoms with E-state index in [2.05, 4.69) is 15.5 Å². The molecule has 1 N–H and O–H groups in total. The summed E-state index contributed by atoms with van der Waals surface area (Å²) in [4.78, 5) is 4.48. The van der Waals surface area contributed by atoms with Crippen molar-refractivity contribution in [1.29, 1.82) is 0 Å². The number of nitrogens with zero attached hydrogens (tertiary/aromatic N) is 2. The van der Waals surface area contributed by atoms with E-state index >= 15 is 0 Å². The lowest BCUT2D eigenvalue weighted by molar-refractivity contribution is 0.482. The number of para-hydroxylation sites is 2. The average Bonchev–Trinajstić information content (AvgIpc) is 3.07. The number of aromatic nitrogens is 1. The third kappa shape index (κ3) is 3.84. The van der Waals surface area contributed by atoms with Crippen molar-refractivity contribution in [2.75, 3.05) is 5.43 Å². The number of hydrazone groups is 1. The van der Waals surface area contributed by atoms with Crippen LogP contribution in [0.15, 0.2) is 84.0 Å². The molecular weight excluding hydrogens is 330 g/mol. The molecule has 0 unspecified atom stereocenters. The molecule has 122 valence electrons. The monoisotopic (exact) mass is 345 g/mol. The van der Waals surface area contributed by atoms with Gasteiger partial charge in [0.2, 0.25) is 5.13 Å². The summed E-state index contributed by atoms with van der Waals surface area (Å²) in [6.07, 6.45) is 1.76. The van der Waals surface area contributed by atoms with Crippen LogP contribution in [0.25, 0.3) is 10.2 Å². The first-order valence-electron chi connectivity index (χ1n) is 7.84. The van der Waals surface area contributed by atoms with Gasteiger partial charge in [0.25, 0.3) is 0 Å². The van der Waals surface area contributed by atoms with Crippen molar-refractivity contribution in [2.24, 2.45) is 5.10 Å². The van der Waals surface area contributed by atoms with Crippen LogP contribution >= 0.6 is 11.3 Å². The van der Waals surface area contributed by atoms with E-state index < -0.39 is 0 Å². The number of thiazole rings is 1. The van der Waals surface area contributed by atoms with Crippen molar-refractivity contribution in [2.45, 2.75) is 0 Å². The molecular formula is C20H15N3OS. The van der Waals surface area contributed by atoms with Gasteiger partial charge in [-0.2, -0.15) is 5.10 Å². The highest BCUT2D eigenvalue weighted by atomic mass is 32.1. The summed E-state index contributed by atoms with van der Waals surface area (Å²) in [6, 6.07) is 25.5. The summed E-state index contributed by atoms with van der Waals surface area (Å²) in [5.41, 5.74) is 4.94. The van der Waals surface area contributed by atoms with E-state index in [0.29, 0.717) is 0 Å². The van der Waals surface area contributed by atoms with Crippen LogP contribution < -0.4 is 10.2 Å². The van der Waals surface area contributed by atoms with Crippen molar-refractivity contribution < 1.29 is 4.74 Å². The Labute approximate surface area is 149 Å². The van der Waals surface area contributed by atoms with Gasteiger partial charge in [0.05, 0.1) is 16.4 Å². The molecule has 4 rings (SSSR count). The Hall–Kier alpha value is -3.18. The summed E-state index contributed by atoms with van der Waals surface area (Å²) < 4.78 is 6.91. The van der Waals surface area contributed by atoms with Crippen LogP contribution in [0.4, 0.5) is 5.13 Å². The molecule has 4 aromatic rings. The summed E-state index contributed by atoms with van der Waals surface area (Å²) >= 11 is 1.58. The normalized spacial score (nSPS) is 11.0. The Kier molecular flexibility index (Phi) is 4.39. The number of ether oxygens (including phenoxy) is 1.